The fraction of sp³-hybridized carbons (Fsp3) is 0.278. The maximum atomic E-state index is 12.5. The standard InChI is InChI=1S/C18H18O4S/c1-20-15-9-8-13(12-16(15)21-2)18(10-11-22-17(18)19)23-14-6-4-3-5-7-14/h3-9,12H,10-11H2,1-2H3. The maximum absolute atomic E-state index is 12.5. The zero-order valence-corrected chi connectivity index (χ0v) is 13.9. The number of cyclic esters (lactones) is 1. The zero-order valence-electron chi connectivity index (χ0n) is 13.1. The van der Waals surface area contributed by atoms with Gasteiger partial charge in [-0.1, -0.05) is 24.3 Å². The minimum atomic E-state index is -0.749. The first kappa shape index (κ1) is 15.7. The van der Waals surface area contributed by atoms with E-state index in [9.17, 15) is 4.79 Å². The second-order valence-electron chi connectivity index (χ2n) is 5.20. The first-order valence-electron chi connectivity index (χ1n) is 7.33. The highest BCUT2D eigenvalue weighted by molar-refractivity contribution is 8.01. The molecule has 1 fully saturated rings. The van der Waals surface area contributed by atoms with Gasteiger partial charge in [0.25, 0.3) is 0 Å². The average Bonchev–Trinajstić information content (AvgIpc) is 2.96. The van der Waals surface area contributed by atoms with Crippen molar-refractivity contribution in [2.24, 2.45) is 0 Å². The molecule has 0 radical (unpaired) electrons. The maximum Gasteiger partial charge on any atom is 0.327 e. The smallest absolute Gasteiger partial charge is 0.327 e. The summed E-state index contributed by atoms with van der Waals surface area (Å²) in [5, 5.41) is 0. The molecule has 0 aromatic heterocycles. The third-order valence-electron chi connectivity index (χ3n) is 3.90. The van der Waals surface area contributed by atoms with Gasteiger partial charge >= 0.3 is 5.97 Å². The Bertz CT molecular complexity index is 701. The average molecular weight is 330 g/mol. The van der Waals surface area contributed by atoms with Crippen molar-refractivity contribution >= 4 is 17.7 Å². The highest BCUT2D eigenvalue weighted by Crippen LogP contribution is 2.49. The van der Waals surface area contributed by atoms with Gasteiger partial charge in [-0.25, -0.2) is 0 Å². The van der Waals surface area contributed by atoms with Crippen molar-refractivity contribution < 1.29 is 19.0 Å². The molecule has 2 aromatic rings. The highest BCUT2D eigenvalue weighted by atomic mass is 32.2. The van der Waals surface area contributed by atoms with Gasteiger partial charge in [0.1, 0.15) is 4.75 Å². The molecule has 4 nitrogen and oxygen atoms in total. The van der Waals surface area contributed by atoms with Crippen LogP contribution in [0.5, 0.6) is 11.5 Å². The number of benzene rings is 2. The fourth-order valence-electron chi connectivity index (χ4n) is 2.70. The van der Waals surface area contributed by atoms with Crippen molar-refractivity contribution in [3.05, 3.63) is 54.1 Å². The molecule has 23 heavy (non-hydrogen) atoms. The summed E-state index contributed by atoms with van der Waals surface area (Å²) >= 11 is 1.52. The molecule has 0 saturated carbocycles. The minimum Gasteiger partial charge on any atom is -0.493 e. The monoisotopic (exact) mass is 330 g/mol. The van der Waals surface area contributed by atoms with Crippen molar-refractivity contribution in [3.63, 3.8) is 0 Å². The van der Waals surface area contributed by atoms with E-state index in [2.05, 4.69) is 0 Å². The summed E-state index contributed by atoms with van der Waals surface area (Å²) in [7, 11) is 3.18. The van der Waals surface area contributed by atoms with E-state index in [1.807, 2.05) is 48.5 Å². The van der Waals surface area contributed by atoms with Crippen LogP contribution < -0.4 is 9.47 Å². The Morgan fingerprint density at radius 1 is 1.04 bits per heavy atom. The van der Waals surface area contributed by atoms with Gasteiger partial charge < -0.3 is 14.2 Å². The summed E-state index contributed by atoms with van der Waals surface area (Å²) in [6.07, 6.45) is 0.626. The van der Waals surface area contributed by atoms with E-state index in [0.717, 1.165) is 10.5 Å². The van der Waals surface area contributed by atoms with E-state index in [1.165, 1.54) is 11.8 Å². The van der Waals surface area contributed by atoms with Crippen LogP contribution in [0.2, 0.25) is 0 Å². The summed E-state index contributed by atoms with van der Waals surface area (Å²) < 4.78 is 15.2. The third-order valence-corrected chi connectivity index (χ3v) is 5.36. The predicted molar refractivity (Wildman–Crippen MR) is 89.1 cm³/mol. The molecule has 5 heteroatoms. The van der Waals surface area contributed by atoms with Gasteiger partial charge in [-0.15, -0.1) is 11.8 Å². The lowest BCUT2D eigenvalue weighted by Crippen LogP contribution is -2.27. The quantitative estimate of drug-likeness (QED) is 0.783. The van der Waals surface area contributed by atoms with Gasteiger partial charge in [0.2, 0.25) is 0 Å². The molecule has 0 N–H and O–H groups in total. The minimum absolute atomic E-state index is 0.210. The Labute approximate surface area is 139 Å². The number of thioether (sulfide) groups is 1. The predicted octanol–water partition coefficient (Wildman–Crippen LogP) is 3.64. The van der Waals surface area contributed by atoms with Crippen molar-refractivity contribution in [1.82, 2.24) is 0 Å². The lowest BCUT2D eigenvalue weighted by atomic mass is 9.96. The molecule has 0 bridgehead atoms. The Morgan fingerprint density at radius 3 is 2.39 bits per heavy atom. The fourth-order valence-corrected chi connectivity index (χ4v) is 3.97. The van der Waals surface area contributed by atoms with Gasteiger partial charge in [-0.3, -0.25) is 4.79 Å². The summed E-state index contributed by atoms with van der Waals surface area (Å²) in [4.78, 5) is 13.6. The molecule has 1 aliphatic heterocycles. The van der Waals surface area contributed by atoms with Crippen molar-refractivity contribution in [1.29, 1.82) is 0 Å². The second-order valence-corrected chi connectivity index (χ2v) is 6.57. The lowest BCUT2D eigenvalue weighted by molar-refractivity contribution is -0.140. The lowest BCUT2D eigenvalue weighted by Gasteiger charge is -2.25. The van der Waals surface area contributed by atoms with Crippen LogP contribution in [0.4, 0.5) is 0 Å². The molecule has 0 spiro atoms. The van der Waals surface area contributed by atoms with Gasteiger partial charge in [0, 0.05) is 11.3 Å². The van der Waals surface area contributed by atoms with Crippen molar-refractivity contribution in [2.45, 2.75) is 16.1 Å². The Kier molecular flexibility index (Phi) is 4.48. The summed E-state index contributed by atoms with van der Waals surface area (Å²) in [5.74, 6) is 1.04. The summed E-state index contributed by atoms with van der Waals surface area (Å²) in [5.41, 5.74) is 0.867. The summed E-state index contributed by atoms with van der Waals surface area (Å²) in [6.45, 7) is 0.424. The van der Waals surface area contributed by atoms with Crippen molar-refractivity contribution in [3.8, 4) is 11.5 Å². The number of methoxy groups -OCH3 is 2. The van der Waals surface area contributed by atoms with Crippen LogP contribution in [0.3, 0.4) is 0 Å². The van der Waals surface area contributed by atoms with E-state index >= 15 is 0 Å². The SMILES string of the molecule is COc1ccc(C2(Sc3ccccc3)CCOC2=O)cc1OC. The molecule has 1 atom stereocenters. The Morgan fingerprint density at radius 2 is 1.78 bits per heavy atom. The van der Waals surface area contributed by atoms with Crippen LogP contribution in [-0.2, 0) is 14.3 Å². The number of esters is 1. The highest BCUT2D eigenvalue weighted by Gasteiger charge is 2.47. The van der Waals surface area contributed by atoms with Crippen LogP contribution in [-0.4, -0.2) is 26.8 Å². The molecular formula is C18H18O4S. The van der Waals surface area contributed by atoms with Crippen LogP contribution in [0.25, 0.3) is 0 Å². The van der Waals surface area contributed by atoms with Gasteiger partial charge in [0.15, 0.2) is 11.5 Å². The number of carbonyl (C=O) groups excluding carboxylic acids is 1. The van der Waals surface area contributed by atoms with E-state index in [1.54, 1.807) is 14.2 Å². The van der Waals surface area contributed by atoms with Crippen LogP contribution in [0.1, 0.15) is 12.0 Å². The number of rotatable bonds is 5. The molecule has 120 valence electrons. The number of hydrogen-bond acceptors (Lipinski definition) is 5. The molecule has 1 heterocycles. The second kappa shape index (κ2) is 6.54. The Balaban J connectivity index is 2.05. The Hall–Kier alpha value is -2.14. The van der Waals surface area contributed by atoms with E-state index < -0.39 is 4.75 Å². The van der Waals surface area contributed by atoms with Crippen LogP contribution in [0, 0.1) is 0 Å². The first-order chi connectivity index (χ1) is 11.2. The van der Waals surface area contributed by atoms with Gasteiger partial charge in [0.05, 0.1) is 20.8 Å². The van der Waals surface area contributed by atoms with Crippen LogP contribution >= 0.6 is 11.8 Å². The van der Waals surface area contributed by atoms with E-state index in [4.69, 9.17) is 14.2 Å². The van der Waals surface area contributed by atoms with E-state index in [0.29, 0.717) is 24.5 Å². The van der Waals surface area contributed by atoms with E-state index in [-0.39, 0.29) is 5.97 Å². The molecule has 1 aliphatic rings. The van der Waals surface area contributed by atoms with Crippen molar-refractivity contribution in [2.75, 3.05) is 20.8 Å². The zero-order chi connectivity index (χ0) is 16.3. The molecule has 0 aliphatic carbocycles. The molecule has 1 unspecified atom stereocenters. The molecule has 3 rings (SSSR count). The summed E-state index contributed by atoms with van der Waals surface area (Å²) in [6, 6.07) is 15.5. The van der Waals surface area contributed by atoms with Gasteiger partial charge in [-0.05, 0) is 29.8 Å². The molecule has 2 aromatic carbocycles. The largest absolute Gasteiger partial charge is 0.493 e. The number of ether oxygens (including phenoxy) is 3. The topological polar surface area (TPSA) is 44.8 Å². The first-order valence-corrected chi connectivity index (χ1v) is 8.15. The van der Waals surface area contributed by atoms with Gasteiger partial charge in [-0.2, -0.15) is 0 Å². The molecule has 0 amide bonds. The molecule has 1 saturated heterocycles. The third kappa shape index (κ3) is 2.88. The molecular weight excluding hydrogens is 312 g/mol. The van der Waals surface area contributed by atoms with Crippen LogP contribution in [0.15, 0.2) is 53.4 Å². The number of hydrogen-bond donors (Lipinski definition) is 0. The normalized spacial score (nSPS) is 20.2. The number of carbonyl (C=O) groups is 1.